The first-order chi connectivity index (χ1) is 14.6. The van der Waals surface area contributed by atoms with Gasteiger partial charge in [0.1, 0.15) is 5.03 Å². The number of piperidine rings is 1. The van der Waals surface area contributed by atoms with Crippen LogP contribution in [0.3, 0.4) is 0 Å². The Kier molecular flexibility index (Phi) is 7.91. The number of thioether (sulfide) groups is 1. The van der Waals surface area contributed by atoms with Crippen LogP contribution in [0.1, 0.15) is 48.5 Å². The fourth-order valence-corrected chi connectivity index (χ4v) is 4.68. The number of hydrogen-bond acceptors (Lipinski definition) is 5. The fraction of sp³-hybridized carbons (Fsp3) is 0.458. The lowest BCUT2D eigenvalue weighted by Crippen LogP contribution is -2.47. The smallest absolute Gasteiger partial charge is 0.312 e. The molecule has 3 rings (SSSR count). The molecule has 2 heterocycles. The average molecular weight is 427 g/mol. The van der Waals surface area contributed by atoms with E-state index < -0.39 is 5.41 Å². The standard InChI is InChI=1S/C24H30N2O3S/c1-3-29-23(28)24(13-7-11-19-9-5-4-6-10-19)14-17-26(18-15-24)22(27)20-12-8-16-25-21(20)30-2/h4-6,8-10,12,16H,3,7,11,13-15,17-18H2,1-2H3. The molecular weight excluding hydrogens is 396 g/mol. The van der Waals surface area contributed by atoms with Crippen LogP contribution in [0.25, 0.3) is 0 Å². The summed E-state index contributed by atoms with van der Waals surface area (Å²) >= 11 is 1.48. The first-order valence-corrected chi connectivity index (χ1v) is 11.8. The second-order valence-corrected chi connectivity index (χ2v) is 8.49. The molecule has 1 aromatic heterocycles. The molecular formula is C24H30N2O3S. The number of nitrogens with zero attached hydrogens (tertiary/aromatic N) is 2. The number of rotatable bonds is 8. The molecule has 0 aliphatic carbocycles. The van der Waals surface area contributed by atoms with Crippen molar-refractivity contribution in [2.75, 3.05) is 26.0 Å². The summed E-state index contributed by atoms with van der Waals surface area (Å²) in [7, 11) is 0. The van der Waals surface area contributed by atoms with Crippen LogP contribution in [-0.2, 0) is 16.0 Å². The van der Waals surface area contributed by atoms with E-state index in [0.29, 0.717) is 38.1 Å². The number of carbonyl (C=O) groups excluding carboxylic acids is 2. The molecule has 1 aliphatic rings. The van der Waals surface area contributed by atoms with Crippen molar-refractivity contribution in [3.63, 3.8) is 0 Å². The van der Waals surface area contributed by atoms with Crippen LogP contribution >= 0.6 is 11.8 Å². The van der Waals surface area contributed by atoms with Crippen molar-refractivity contribution < 1.29 is 14.3 Å². The minimum atomic E-state index is -0.501. The summed E-state index contributed by atoms with van der Waals surface area (Å²) in [5, 5.41) is 0.743. The Balaban J connectivity index is 1.66. The van der Waals surface area contributed by atoms with Gasteiger partial charge in [-0.3, -0.25) is 9.59 Å². The monoisotopic (exact) mass is 426 g/mol. The molecule has 0 spiro atoms. The summed E-state index contributed by atoms with van der Waals surface area (Å²) < 4.78 is 5.45. The number of aryl methyl sites for hydroxylation is 1. The van der Waals surface area contributed by atoms with E-state index in [1.807, 2.05) is 42.3 Å². The van der Waals surface area contributed by atoms with Crippen molar-refractivity contribution in [2.45, 2.75) is 44.1 Å². The summed E-state index contributed by atoms with van der Waals surface area (Å²) in [6.45, 7) is 3.35. The van der Waals surface area contributed by atoms with Crippen LogP contribution in [0.15, 0.2) is 53.7 Å². The lowest BCUT2D eigenvalue weighted by atomic mass is 9.74. The quantitative estimate of drug-likeness (QED) is 0.456. The molecule has 1 saturated heterocycles. The number of amides is 1. The van der Waals surface area contributed by atoms with Crippen LogP contribution in [0.5, 0.6) is 0 Å². The van der Waals surface area contributed by atoms with Crippen molar-refractivity contribution in [2.24, 2.45) is 5.41 Å². The highest BCUT2D eigenvalue weighted by atomic mass is 32.2. The molecule has 1 fully saturated rings. The van der Waals surface area contributed by atoms with Gasteiger partial charge in [0.15, 0.2) is 0 Å². The molecule has 0 saturated carbocycles. The lowest BCUT2D eigenvalue weighted by molar-refractivity contribution is -0.159. The molecule has 0 unspecified atom stereocenters. The zero-order valence-corrected chi connectivity index (χ0v) is 18.6. The number of benzene rings is 1. The van der Waals surface area contributed by atoms with Gasteiger partial charge in [-0.1, -0.05) is 30.3 Å². The van der Waals surface area contributed by atoms with Crippen molar-refractivity contribution in [3.8, 4) is 0 Å². The molecule has 0 radical (unpaired) electrons. The molecule has 2 aromatic rings. The van der Waals surface area contributed by atoms with E-state index in [1.165, 1.54) is 17.3 Å². The Bertz CT molecular complexity index is 849. The molecule has 1 aliphatic heterocycles. The van der Waals surface area contributed by atoms with Crippen LogP contribution in [0.2, 0.25) is 0 Å². The topological polar surface area (TPSA) is 59.5 Å². The third-order valence-electron chi connectivity index (χ3n) is 5.87. The number of pyridine rings is 1. The molecule has 0 N–H and O–H groups in total. The van der Waals surface area contributed by atoms with Crippen LogP contribution in [0.4, 0.5) is 0 Å². The number of esters is 1. The molecule has 30 heavy (non-hydrogen) atoms. The highest BCUT2D eigenvalue weighted by molar-refractivity contribution is 7.98. The highest BCUT2D eigenvalue weighted by Gasteiger charge is 2.43. The third kappa shape index (κ3) is 5.22. The number of carbonyl (C=O) groups is 2. The third-order valence-corrected chi connectivity index (χ3v) is 6.59. The maximum Gasteiger partial charge on any atom is 0.312 e. The minimum Gasteiger partial charge on any atom is -0.466 e. The Morgan fingerprint density at radius 3 is 2.53 bits per heavy atom. The molecule has 0 bridgehead atoms. The van der Waals surface area contributed by atoms with Gasteiger partial charge < -0.3 is 9.64 Å². The SMILES string of the molecule is CCOC(=O)C1(CCCc2ccccc2)CCN(C(=O)c2cccnc2SC)CC1. The van der Waals surface area contributed by atoms with Crippen molar-refractivity contribution in [3.05, 3.63) is 59.8 Å². The number of aromatic nitrogens is 1. The van der Waals surface area contributed by atoms with Crippen LogP contribution < -0.4 is 0 Å². The lowest BCUT2D eigenvalue weighted by Gasteiger charge is -2.40. The Labute approximate surface area is 183 Å². The van der Waals surface area contributed by atoms with Gasteiger partial charge in [0.05, 0.1) is 17.6 Å². The van der Waals surface area contributed by atoms with E-state index >= 15 is 0 Å². The van der Waals surface area contributed by atoms with E-state index in [1.54, 1.807) is 12.3 Å². The second kappa shape index (κ2) is 10.6. The number of likely N-dealkylation sites (tertiary alicyclic amines) is 1. The molecule has 0 atom stereocenters. The maximum absolute atomic E-state index is 13.0. The zero-order valence-electron chi connectivity index (χ0n) is 17.8. The van der Waals surface area contributed by atoms with Crippen LogP contribution in [0, 0.1) is 5.41 Å². The second-order valence-electron chi connectivity index (χ2n) is 7.69. The van der Waals surface area contributed by atoms with Gasteiger partial charge in [0, 0.05) is 19.3 Å². The van der Waals surface area contributed by atoms with Gasteiger partial charge >= 0.3 is 5.97 Å². The predicted octanol–water partition coefficient (Wildman–Crippen LogP) is 4.61. The van der Waals surface area contributed by atoms with Gasteiger partial charge in [-0.05, 0) is 63.0 Å². The van der Waals surface area contributed by atoms with Gasteiger partial charge in [0.2, 0.25) is 0 Å². The van der Waals surface area contributed by atoms with E-state index in [2.05, 4.69) is 17.1 Å². The van der Waals surface area contributed by atoms with E-state index in [4.69, 9.17) is 4.74 Å². The largest absolute Gasteiger partial charge is 0.466 e. The summed E-state index contributed by atoms with van der Waals surface area (Å²) in [5.74, 6) is -0.120. The molecule has 160 valence electrons. The first kappa shape index (κ1) is 22.3. The van der Waals surface area contributed by atoms with Gasteiger partial charge in [-0.2, -0.15) is 0 Å². The summed E-state index contributed by atoms with van der Waals surface area (Å²) in [4.78, 5) is 32.1. The average Bonchev–Trinajstić information content (AvgIpc) is 2.80. The highest BCUT2D eigenvalue weighted by Crippen LogP contribution is 2.38. The Morgan fingerprint density at radius 1 is 1.13 bits per heavy atom. The fourth-order valence-electron chi connectivity index (χ4n) is 4.14. The predicted molar refractivity (Wildman–Crippen MR) is 120 cm³/mol. The zero-order chi connectivity index (χ0) is 21.4. The van der Waals surface area contributed by atoms with Gasteiger partial charge in [-0.15, -0.1) is 11.8 Å². The molecule has 6 heteroatoms. The molecule has 5 nitrogen and oxygen atoms in total. The summed E-state index contributed by atoms with van der Waals surface area (Å²) in [5.41, 5.74) is 1.42. The van der Waals surface area contributed by atoms with Crippen molar-refractivity contribution >= 4 is 23.6 Å². The summed E-state index contributed by atoms with van der Waals surface area (Å²) in [6.07, 6.45) is 7.56. The Morgan fingerprint density at radius 2 is 1.87 bits per heavy atom. The molecule has 1 amide bonds. The number of ether oxygens (including phenoxy) is 1. The normalized spacial score (nSPS) is 15.6. The first-order valence-electron chi connectivity index (χ1n) is 10.6. The summed E-state index contributed by atoms with van der Waals surface area (Å²) in [6, 6.07) is 14.0. The minimum absolute atomic E-state index is 0.00538. The molecule has 1 aromatic carbocycles. The van der Waals surface area contributed by atoms with E-state index in [9.17, 15) is 9.59 Å². The van der Waals surface area contributed by atoms with Gasteiger partial charge in [-0.25, -0.2) is 4.98 Å². The number of hydrogen-bond donors (Lipinski definition) is 0. The maximum atomic E-state index is 13.0. The van der Waals surface area contributed by atoms with Gasteiger partial charge in [0.25, 0.3) is 5.91 Å². The van der Waals surface area contributed by atoms with Crippen LogP contribution in [-0.4, -0.2) is 47.7 Å². The van der Waals surface area contributed by atoms with Crippen molar-refractivity contribution in [1.82, 2.24) is 9.88 Å². The van der Waals surface area contributed by atoms with Crippen molar-refractivity contribution in [1.29, 1.82) is 0 Å². The Hall–Kier alpha value is -2.34. The van der Waals surface area contributed by atoms with E-state index in [0.717, 1.165) is 24.3 Å². The van der Waals surface area contributed by atoms with E-state index in [-0.39, 0.29) is 11.9 Å².